The van der Waals surface area contributed by atoms with Crippen molar-refractivity contribution in [3.63, 3.8) is 0 Å². The molecule has 0 spiro atoms. The van der Waals surface area contributed by atoms with Crippen LogP contribution >= 0.6 is 0 Å². The number of sulfonamides is 1. The topological polar surface area (TPSA) is 96.4 Å². The van der Waals surface area contributed by atoms with Gasteiger partial charge >= 0.3 is 6.09 Å². The highest BCUT2D eigenvalue weighted by Crippen LogP contribution is 2.66. The number of hydrogen-bond donors (Lipinski definition) is 1. The van der Waals surface area contributed by atoms with E-state index in [0.717, 1.165) is 11.1 Å². The molecule has 8 nitrogen and oxygen atoms in total. The van der Waals surface area contributed by atoms with Crippen LogP contribution in [0.1, 0.15) is 51.2 Å². The van der Waals surface area contributed by atoms with E-state index in [1.54, 1.807) is 64.3 Å². The number of rotatable bonds is 4. The highest BCUT2D eigenvalue weighted by Gasteiger charge is 2.74. The molecule has 3 aliphatic rings. The van der Waals surface area contributed by atoms with Crippen LogP contribution in [0.2, 0.25) is 0 Å². The summed E-state index contributed by atoms with van der Waals surface area (Å²) in [5.74, 6) is 0.593. The smallest absolute Gasteiger partial charge is 0.416 e. The van der Waals surface area contributed by atoms with Gasteiger partial charge in [0.05, 0.1) is 29.7 Å². The van der Waals surface area contributed by atoms with E-state index in [9.17, 15) is 18.3 Å². The lowest BCUT2D eigenvalue weighted by Crippen LogP contribution is -2.67. The zero-order chi connectivity index (χ0) is 26.8. The molecule has 1 aliphatic carbocycles. The monoisotopic (exact) mass is 526 g/mol. The van der Waals surface area contributed by atoms with Gasteiger partial charge in [0.15, 0.2) is 0 Å². The van der Waals surface area contributed by atoms with E-state index in [1.165, 1.54) is 9.21 Å². The number of amides is 1. The molecule has 0 unspecified atom stereocenters. The maximum Gasteiger partial charge on any atom is 0.416 e. The normalized spacial score (nSPS) is 25.2. The molecule has 9 heteroatoms. The second-order valence-electron chi connectivity index (χ2n) is 11.0. The first-order chi connectivity index (χ1) is 17.4. The minimum atomic E-state index is -4.03. The summed E-state index contributed by atoms with van der Waals surface area (Å²) in [5, 5.41) is 10.6. The number of aryl methyl sites for hydroxylation is 1. The van der Waals surface area contributed by atoms with Crippen LogP contribution in [-0.2, 0) is 20.2 Å². The van der Waals surface area contributed by atoms with Crippen molar-refractivity contribution in [2.24, 2.45) is 0 Å². The van der Waals surface area contributed by atoms with Crippen molar-refractivity contribution in [3.05, 3.63) is 65.2 Å². The Morgan fingerprint density at radius 1 is 1.11 bits per heavy atom. The molecule has 2 atom stereocenters. The van der Waals surface area contributed by atoms with Gasteiger partial charge in [-0.2, -0.15) is 4.31 Å². The van der Waals surface area contributed by atoms with Crippen molar-refractivity contribution in [3.8, 4) is 5.75 Å². The largest absolute Gasteiger partial charge is 0.497 e. The quantitative estimate of drug-likeness (QED) is 0.590. The number of fused-ring (bicyclic) bond motifs is 1. The molecule has 1 saturated heterocycles. The molecular weight excluding hydrogens is 492 g/mol. The lowest BCUT2D eigenvalue weighted by molar-refractivity contribution is 0.0442. The Morgan fingerprint density at radius 3 is 2.43 bits per heavy atom. The molecule has 2 aromatic carbocycles. The maximum absolute atomic E-state index is 14.3. The van der Waals surface area contributed by atoms with Gasteiger partial charge in [0.25, 0.3) is 0 Å². The van der Waals surface area contributed by atoms with Crippen molar-refractivity contribution in [1.29, 1.82) is 0 Å². The van der Waals surface area contributed by atoms with Crippen molar-refractivity contribution >= 4 is 21.8 Å². The number of carbonyl (C=O) groups is 1. The molecule has 0 aromatic heterocycles. The summed E-state index contributed by atoms with van der Waals surface area (Å²) in [6.07, 6.45) is 2.64. The summed E-state index contributed by atoms with van der Waals surface area (Å²) in [6, 6.07) is 12.2. The number of benzene rings is 2. The summed E-state index contributed by atoms with van der Waals surface area (Å²) in [4.78, 5) is 15.7. The average Bonchev–Trinajstić information content (AvgIpc) is 3.32. The van der Waals surface area contributed by atoms with Gasteiger partial charge in [-0.1, -0.05) is 23.8 Å². The first-order valence-electron chi connectivity index (χ1n) is 12.5. The summed E-state index contributed by atoms with van der Waals surface area (Å²) >= 11 is 0. The lowest BCUT2D eigenvalue weighted by Gasteiger charge is -2.51. The van der Waals surface area contributed by atoms with E-state index in [0.29, 0.717) is 36.3 Å². The molecule has 2 aliphatic heterocycles. The first kappa shape index (κ1) is 25.8. The average molecular weight is 527 g/mol. The van der Waals surface area contributed by atoms with E-state index in [-0.39, 0.29) is 18.0 Å². The lowest BCUT2D eigenvalue weighted by atomic mass is 9.63. The molecule has 0 radical (unpaired) electrons. The summed E-state index contributed by atoms with van der Waals surface area (Å²) in [6.45, 7) is 7.20. The van der Waals surface area contributed by atoms with Crippen LogP contribution < -0.4 is 9.64 Å². The van der Waals surface area contributed by atoms with Crippen LogP contribution in [0.3, 0.4) is 0 Å². The third-order valence-electron chi connectivity index (χ3n) is 7.85. The number of nitrogens with zero attached hydrogens (tertiary/aromatic N) is 2. The molecule has 2 aromatic rings. The first-order valence-corrected chi connectivity index (χ1v) is 14.0. The van der Waals surface area contributed by atoms with Gasteiger partial charge in [-0.25, -0.2) is 13.2 Å². The Hall–Kier alpha value is -2.88. The molecule has 1 N–H and O–H groups in total. The molecule has 2 heterocycles. The van der Waals surface area contributed by atoms with E-state index < -0.39 is 32.8 Å². The fourth-order valence-electron chi connectivity index (χ4n) is 6.47. The van der Waals surface area contributed by atoms with Gasteiger partial charge in [0.1, 0.15) is 17.0 Å². The predicted molar refractivity (Wildman–Crippen MR) is 140 cm³/mol. The second kappa shape index (κ2) is 8.58. The van der Waals surface area contributed by atoms with Crippen molar-refractivity contribution in [2.75, 3.05) is 25.2 Å². The van der Waals surface area contributed by atoms with Gasteiger partial charge in [0.2, 0.25) is 10.0 Å². The number of carbonyl (C=O) groups excluding carboxylic acids is 1. The van der Waals surface area contributed by atoms with E-state index in [1.807, 2.05) is 19.1 Å². The van der Waals surface area contributed by atoms with Gasteiger partial charge in [-0.3, -0.25) is 4.90 Å². The van der Waals surface area contributed by atoms with Crippen LogP contribution in [0.5, 0.6) is 5.75 Å². The van der Waals surface area contributed by atoms with E-state index in [2.05, 4.69) is 0 Å². The Bertz CT molecular complexity index is 1380. The Labute approximate surface area is 218 Å². The molecule has 0 bridgehead atoms. The molecule has 1 amide bonds. The van der Waals surface area contributed by atoms with Crippen molar-refractivity contribution in [2.45, 2.75) is 68.5 Å². The highest BCUT2D eigenvalue weighted by molar-refractivity contribution is 7.89. The van der Waals surface area contributed by atoms with Crippen molar-refractivity contribution in [1.82, 2.24) is 4.31 Å². The standard InChI is InChI=1S/C28H34N2O6S/c1-19-8-11-22(12-9-19)37(33,34)29-16-15-27-20(18-31)7-6-14-28(27,29)30(25(32)36-26(2,3)4)24-13-10-21(35-5)17-23(24)27/h7-13,17,31H,6,14-16,18H2,1-5H3/t27-,28-/m1/s1. The zero-order valence-electron chi connectivity index (χ0n) is 21.9. The Morgan fingerprint density at radius 2 is 1.81 bits per heavy atom. The number of allylic oxidation sites excluding steroid dienone is 1. The third kappa shape index (κ3) is 3.55. The number of aliphatic hydroxyl groups is 1. The predicted octanol–water partition coefficient (Wildman–Crippen LogP) is 4.50. The summed E-state index contributed by atoms with van der Waals surface area (Å²) < 4.78 is 41.5. The van der Waals surface area contributed by atoms with Gasteiger partial charge in [0, 0.05) is 6.54 Å². The third-order valence-corrected chi connectivity index (χ3v) is 9.78. The number of aliphatic hydroxyl groups excluding tert-OH is 1. The van der Waals surface area contributed by atoms with Crippen LogP contribution in [0.25, 0.3) is 0 Å². The summed E-state index contributed by atoms with van der Waals surface area (Å²) in [5.41, 5.74) is -0.0685. The minimum Gasteiger partial charge on any atom is -0.497 e. The van der Waals surface area contributed by atoms with Crippen LogP contribution in [0.4, 0.5) is 10.5 Å². The molecular formula is C28H34N2O6S. The molecule has 5 rings (SSSR count). The summed E-state index contributed by atoms with van der Waals surface area (Å²) in [7, 11) is -2.46. The molecule has 1 fully saturated rings. The van der Waals surface area contributed by atoms with Gasteiger partial charge in [-0.15, -0.1) is 0 Å². The van der Waals surface area contributed by atoms with E-state index in [4.69, 9.17) is 9.47 Å². The number of anilines is 1. The number of ether oxygens (including phenoxy) is 2. The highest BCUT2D eigenvalue weighted by atomic mass is 32.2. The minimum absolute atomic E-state index is 0.168. The molecule has 198 valence electrons. The van der Waals surface area contributed by atoms with Crippen LogP contribution in [-0.4, -0.2) is 55.4 Å². The molecule has 37 heavy (non-hydrogen) atoms. The SMILES string of the molecule is COc1ccc2c(c1)[C@]13CCN(S(=O)(=O)c4ccc(C)cc4)[C@]1(CCC=C3CO)N2C(=O)OC(C)(C)C. The molecule has 0 saturated carbocycles. The van der Waals surface area contributed by atoms with Gasteiger partial charge in [-0.05, 0) is 88.4 Å². The second-order valence-corrected chi connectivity index (χ2v) is 12.8. The Kier molecular flexibility index (Phi) is 5.97. The van der Waals surface area contributed by atoms with Crippen LogP contribution in [0.15, 0.2) is 59.0 Å². The van der Waals surface area contributed by atoms with Crippen LogP contribution in [0, 0.1) is 6.92 Å². The number of hydrogen-bond acceptors (Lipinski definition) is 6. The Balaban J connectivity index is 1.81. The van der Waals surface area contributed by atoms with Gasteiger partial charge < -0.3 is 14.6 Å². The fraction of sp³-hybridized carbons (Fsp3) is 0.464. The van der Waals surface area contributed by atoms with Crippen molar-refractivity contribution < 1.29 is 27.8 Å². The maximum atomic E-state index is 14.3. The number of methoxy groups -OCH3 is 1. The fourth-order valence-corrected chi connectivity index (χ4v) is 8.27. The zero-order valence-corrected chi connectivity index (χ0v) is 22.8. The van der Waals surface area contributed by atoms with E-state index >= 15 is 0 Å².